The first kappa shape index (κ1) is 20.4. The predicted octanol–water partition coefficient (Wildman–Crippen LogP) is 0.218. The van der Waals surface area contributed by atoms with E-state index in [1.807, 2.05) is 0 Å². The fourth-order valence-corrected chi connectivity index (χ4v) is 2.11. The third-order valence-corrected chi connectivity index (χ3v) is 3.58. The van der Waals surface area contributed by atoms with Crippen molar-refractivity contribution in [3.8, 4) is 5.75 Å². The van der Waals surface area contributed by atoms with Crippen LogP contribution in [0.3, 0.4) is 0 Å². The zero-order chi connectivity index (χ0) is 20.7. The highest BCUT2D eigenvalue weighted by Crippen LogP contribution is 2.16. The van der Waals surface area contributed by atoms with Crippen LogP contribution in [0.15, 0.2) is 35.6 Å². The van der Waals surface area contributed by atoms with Gasteiger partial charge in [0.25, 0.3) is 5.91 Å². The number of ether oxygens (including phenoxy) is 1. The Bertz CT molecular complexity index is 905. The van der Waals surface area contributed by atoms with Gasteiger partial charge in [0.1, 0.15) is 17.6 Å². The molecule has 0 bridgehead atoms. The Labute approximate surface area is 158 Å². The SMILES string of the molecule is Cc1c([N+](=O)[O-])cnn1CCC(=O)O/N=C(\N)c1ccc(OCC(N)=O)cc1. The lowest BCUT2D eigenvalue weighted by Crippen LogP contribution is -2.20. The molecule has 28 heavy (non-hydrogen) atoms. The fourth-order valence-electron chi connectivity index (χ4n) is 2.11. The van der Waals surface area contributed by atoms with Crippen LogP contribution in [0.25, 0.3) is 0 Å². The van der Waals surface area contributed by atoms with Crippen LogP contribution in [0.5, 0.6) is 5.75 Å². The minimum Gasteiger partial charge on any atom is -0.484 e. The largest absolute Gasteiger partial charge is 0.484 e. The van der Waals surface area contributed by atoms with Crippen molar-refractivity contribution in [2.45, 2.75) is 19.9 Å². The average molecular weight is 390 g/mol. The van der Waals surface area contributed by atoms with Crippen LogP contribution in [-0.4, -0.2) is 39.0 Å². The molecule has 0 saturated carbocycles. The number of amides is 1. The van der Waals surface area contributed by atoms with E-state index in [1.54, 1.807) is 24.3 Å². The predicted molar refractivity (Wildman–Crippen MR) is 96.2 cm³/mol. The zero-order valence-corrected chi connectivity index (χ0v) is 14.9. The van der Waals surface area contributed by atoms with E-state index in [1.165, 1.54) is 11.6 Å². The highest BCUT2D eigenvalue weighted by Gasteiger charge is 2.17. The summed E-state index contributed by atoms with van der Waals surface area (Å²) >= 11 is 0. The van der Waals surface area contributed by atoms with Crippen LogP contribution in [0.4, 0.5) is 5.69 Å². The fraction of sp³-hybridized carbons (Fsp3) is 0.250. The summed E-state index contributed by atoms with van der Waals surface area (Å²) in [5.74, 6) is -0.907. The molecule has 148 valence electrons. The third-order valence-electron chi connectivity index (χ3n) is 3.58. The first-order valence-electron chi connectivity index (χ1n) is 7.99. The monoisotopic (exact) mass is 390 g/mol. The number of nitrogens with two attached hydrogens (primary N) is 2. The normalized spacial score (nSPS) is 11.1. The van der Waals surface area contributed by atoms with Crippen molar-refractivity contribution in [2.75, 3.05) is 6.61 Å². The van der Waals surface area contributed by atoms with Gasteiger partial charge < -0.3 is 21.0 Å². The lowest BCUT2D eigenvalue weighted by Gasteiger charge is -2.05. The van der Waals surface area contributed by atoms with Gasteiger partial charge in [0.15, 0.2) is 12.4 Å². The van der Waals surface area contributed by atoms with E-state index in [0.29, 0.717) is 17.0 Å². The number of hydrogen-bond acceptors (Lipinski definition) is 8. The summed E-state index contributed by atoms with van der Waals surface area (Å²) in [7, 11) is 0. The number of carbonyl (C=O) groups excluding carboxylic acids is 2. The average Bonchev–Trinajstić information content (AvgIpc) is 3.03. The van der Waals surface area contributed by atoms with Crippen LogP contribution < -0.4 is 16.2 Å². The summed E-state index contributed by atoms with van der Waals surface area (Å²) in [6, 6.07) is 6.23. The molecule has 1 amide bonds. The molecule has 4 N–H and O–H groups in total. The molecular formula is C16H18N6O6. The van der Waals surface area contributed by atoms with Crippen molar-refractivity contribution in [3.05, 3.63) is 51.8 Å². The van der Waals surface area contributed by atoms with Gasteiger partial charge in [-0.25, -0.2) is 4.79 Å². The molecule has 2 aromatic rings. The second kappa shape index (κ2) is 9.12. The number of nitrogens with zero attached hydrogens (tertiary/aromatic N) is 4. The molecule has 0 saturated heterocycles. The van der Waals surface area contributed by atoms with Crippen LogP contribution in [0.2, 0.25) is 0 Å². The molecule has 12 heteroatoms. The van der Waals surface area contributed by atoms with E-state index in [2.05, 4.69) is 10.3 Å². The molecule has 0 unspecified atom stereocenters. The molecule has 0 aliphatic heterocycles. The second-order valence-corrected chi connectivity index (χ2v) is 5.56. The Morgan fingerprint density at radius 1 is 1.29 bits per heavy atom. The van der Waals surface area contributed by atoms with E-state index in [0.717, 1.165) is 6.20 Å². The maximum absolute atomic E-state index is 11.8. The molecule has 0 radical (unpaired) electrons. The van der Waals surface area contributed by atoms with E-state index in [-0.39, 0.29) is 31.1 Å². The van der Waals surface area contributed by atoms with Gasteiger partial charge in [-0.3, -0.25) is 19.6 Å². The van der Waals surface area contributed by atoms with E-state index >= 15 is 0 Å². The molecule has 1 aromatic carbocycles. The Morgan fingerprint density at radius 3 is 2.54 bits per heavy atom. The lowest BCUT2D eigenvalue weighted by molar-refractivity contribution is -0.385. The Kier molecular flexibility index (Phi) is 6.63. The molecule has 0 fully saturated rings. The number of aryl methyl sites for hydroxylation is 1. The number of hydrogen-bond donors (Lipinski definition) is 2. The lowest BCUT2D eigenvalue weighted by atomic mass is 10.2. The van der Waals surface area contributed by atoms with Gasteiger partial charge in [0.2, 0.25) is 0 Å². The van der Waals surface area contributed by atoms with Crippen LogP contribution in [0.1, 0.15) is 17.7 Å². The zero-order valence-electron chi connectivity index (χ0n) is 14.9. The smallest absolute Gasteiger partial charge is 0.336 e. The van der Waals surface area contributed by atoms with Crippen molar-refractivity contribution < 1.29 is 24.1 Å². The Morgan fingerprint density at radius 2 is 1.96 bits per heavy atom. The Hall–Kier alpha value is -3.96. The summed E-state index contributed by atoms with van der Waals surface area (Å²) in [4.78, 5) is 37.4. The van der Waals surface area contributed by atoms with Crippen LogP contribution >= 0.6 is 0 Å². The number of amidine groups is 1. The number of primary amides is 1. The molecule has 0 spiro atoms. The van der Waals surface area contributed by atoms with Crippen molar-refractivity contribution in [3.63, 3.8) is 0 Å². The maximum atomic E-state index is 11.8. The van der Waals surface area contributed by atoms with Gasteiger partial charge in [-0.2, -0.15) is 5.10 Å². The number of carbonyl (C=O) groups is 2. The van der Waals surface area contributed by atoms with Crippen LogP contribution in [0, 0.1) is 17.0 Å². The number of oxime groups is 1. The summed E-state index contributed by atoms with van der Waals surface area (Å²) in [6.07, 6.45) is 1.02. The van der Waals surface area contributed by atoms with Gasteiger partial charge in [0.05, 0.1) is 17.9 Å². The summed E-state index contributed by atoms with van der Waals surface area (Å²) in [5, 5.41) is 18.2. The Balaban J connectivity index is 1.87. The van der Waals surface area contributed by atoms with Gasteiger partial charge in [-0.1, -0.05) is 5.16 Å². The van der Waals surface area contributed by atoms with Gasteiger partial charge in [-0.05, 0) is 31.2 Å². The third kappa shape index (κ3) is 5.52. The summed E-state index contributed by atoms with van der Waals surface area (Å²) in [6.45, 7) is 1.38. The molecule has 2 rings (SSSR count). The van der Waals surface area contributed by atoms with Crippen molar-refractivity contribution >= 4 is 23.4 Å². The van der Waals surface area contributed by atoms with Gasteiger partial charge in [0, 0.05) is 5.56 Å². The minimum absolute atomic E-state index is 0.0410. The number of nitro groups is 1. The number of benzene rings is 1. The van der Waals surface area contributed by atoms with Crippen molar-refractivity contribution in [1.82, 2.24) is 9.78 Å². The second-order valence-electron chi connectivity index (χ2n) is 5.56. The van der Waals surface area contributed by atoms with E-state index in [4.69, 9.17) is 21.0 Å². The summed E-state index contributed by atoms with van der Waals surface area (Å²) < 4.78 is 6.44. The van der Waals surface area contributed by atoms with Crippen LogP contribution in [-0.2, 0) is 21.0 Å². The molecule has 1 aromatic heterocycles. The highest BCUT2D eigenvalue weighted by molar-refractivity contribution is 5.97. The molecule has 1 heterocycles. The van der Waals surface area contributed by atoms with Gasteiger partial charge in [-0.15, -0.1) is 0 Å². The van der Waals surface area contributed by atoms with Crippen molar-refractivity contribution in [2.24, 2.45) is 16.6 Å². The molecule has 0 aliphatic carbocycles. The molecule has 0 atom stereocenters. The first-order chi connectivity index (χ1) is 13.3. The highest BCUT2D eigenvalue weighted by atomic mass is 16.7. The first-order valence-corrected chi connectivity index (χ1v) is 7.99. The van der Waals surface area contributed by atoms with E-state index in [9.17, 15) is 19.7 Å². The molecule has 12 nitrogen and oxygen atoms in total. The van der Waals surface area contributed by atoms with Gasteiger partial charge >= 0.3 is 11.7 Å². The van der Waals surface area contributed by atoms with Crippen molar-refractivity contribution in [1.29, 1.82) is 0 Å². The summed E-state index contributed by atoms with van der Waals surface area (Å²) in [5.41, 5.74) is 11.4. The quantitative estimate of drug-likeness (QED) is 0.201. The molecular weight excluding hydrogens is 372 g/mol. The topological polar surface area (TPSA) is 178 Å². The number of aromatic nitrogens is 2. The number of rotatable bonds is 9. The standard InChI is InChI=1S/C16H18N6O6/c1-10-13(22(25)26)8-19-21(10)7-6-15(24)28-20-16(18)11-2-4-12(5-3-11)27-9-14(17)23/h2-5,8H,6-7,9H2,1H3,(H2,17,23)(H2,18,20). The van der Waals surface area contributed by atoms with E-state index < -0.39 is 16.8 Å². The minimum atomic E-state index is -0.679. The maximum Gasteiger partial charge on any atom is 0.336 e. The molecule has 0 aliphatic rings.